The summed E-state index contributed by atoms with van der Waals surface area (Å²) >= 11 is 0. The molecule has 0 spiro atoms. The van der Waals surface area contributed by atoms with E-state index in [4.69, 9.17) is 10.5 Å². The molecule has 0 saturated carbocycles. The summed E-state index contributed by atoms with van der Waals surface area (Å²) in [6.45, 7) is 2.09. The van der Waals surface area contributed by atoms with Crippen molar-refractivity contribution in [2.45, 2.75) is 41.7 Å². The number of ether oxygens (including phenoxy) is 1. The third-order valence-corrected chi connectivity index (χ3v) is 6.31. The number of benzene rings is 2. The van der Waals surface area contributed by atoms with E-state index in [2.05, 4.69) is 5.32 Å². The highest BCUT2D eigenvalue weighted by molar-refractivity contribution is 7.91. The molecule has 2 atom stereocenters. The number of carbonyl (C=O) groups excluding carboxylic acids is 1. The van der Waals surface area contributed by atoms with E-state index in [-0.39, 0.29) is 15.9 Å². The van der Waals surface area contributed by atoms with Gasteiger partial charge in [-0.25, -0.2) is 12.8 Å². The summed E-state index contributed by atoms with van der Waals surface area (Å²) in [6.07, 6.45) is 1.26. The van der Waals surface area contributed by atoms with Crippen LogP contribution < -0.4 is 15.8 Å². The monoisotopic (exact) mass is 392 g/mol. The lowest BCUT2D eigenvalue weighted by Gasteiger charge is -2.27. The van der Waals surface area contributed by atoms with Gasteiger partial charge < -0.3 is 15.8 Å². The summed E-state index contributed by atoms with van der Waals surface area (Å²) in [5.74, 6) is -0.577. The lowest BCUT2D eigenvalue weighted by atomic mass is 10.0. The van der Waals surface area contributed by atoms with E-state index in [1.165, 1.54) is 30.3 Å². The Morgan fingerprint density at radius 1 is 1.30 bits per heavy atom. The van der Waals surface area contributed by atoms with Gasteiger partial charge in [0.15, 0.2) is 0 Å². The molecule has 2 aromatic rings. The molecule has 3 N–H and O–H groups in total. The Morgan fingerprint density at radius 3 is 2.74 bits per heavy atom. The van der Waals surface area contributed by atoms with E-state index >= 15 is 0 Å². The molecule has 1 aliphatic heterocycles. The Kier molecular flexibility index (Phi) is 5.48. The summed E-state index contributed by atoms with van der Waals surface area (Å²) in [5.41, 5.74) is 6.14. The maximum Gasteiger partial charge on any atom is 0.234 e. The van der Waals surface area contributed by atoms with Gasteiger partial charge in [-0.15, -0.1) is 0 Å². The summed E-state index contributed by atoms with van der Waals surface area (Å²) in [7, 11) is -3.85. The molecule has 0 fully saturated rings. The Bertz CT molecular complexity index is 962. The molecule has 3 rings (SSSR count). The Balaban J connectivity index is 1.80. The van der Waals surface area contributed by atoms with Crippen LogP contribution in [0.25, 0.3) is 0 Å². The van der Waals surface area contributed by atoms with Crippen LogP contribution in [0.2, 0.25) is 0 Å². The first-order valence-corrected chi connectivity index (χ1v) is 10.1. The third-order valence-electron chi connectivity index (χ3n) is 4.56. The van der Waals surface area contributed by atoms with E-state index in [9.17, 15) is 17.6 Å². The number of halogens is 1. The average molecular weight is 392 g/mol. The minimum absolute atomic E-state index is 0.0472. The van der Waals surface area contributed by atoms with Crippen LogP contribution in [0, 0.1) is 5.82 Å². The predicted molar refractivity (Wildman–Crippen MR) is 97.7 cm³/mol. The van der Waals surface area contributed by atoms with Crippen molar-refractivity contribution in [2.75, 3.05) is 6.54 Å². The molecule has 144 valence electrons. The summed E-state index contributed by atoms with van der Waals surface area (Å²) in [4.78, 5) is 11.1. The number of carbonyl (C=O) groups is 1. The smallest absolute Gasteiger partial charge is 0.234 e. The van der Waals surface area contributed by atoms with Gasteiger partial charge in [0.05, 0.1) is 15.8 Å². The normalized spacial score (nSPS) is 17.6. The van der Waals surface area contributed by atoms with Crippen LogP contribution >= 0.6 is 0 Å². The van der Waals surface area contributed by atoms with E-state index < -0.39 is 27.6 Å². The number of hydrogen-bond donors (Lipinski definition) is 2. The molecule has 0 radical (unpaired) electrons. The first-order chi connectivity index (χ1) is 12.8. The fourth-order valence-corrected chi connectivity index (χ4v) is 4.20. The fourth-order valence-electron chi connectivity index (χ4n) is 2.90. The van der Waals surface area contributed by atoms with Crippen molar-refractivity contribution in [2.24, 2.45) is 5.73 Å². The fraction of sp³-hybridized carbons (Fsp3) is 0.316. The highest BCUT2D eigenvalue weighted by Gasteiger charge is 2.25. The molecule has 2 aromatic carbocycles. The molecule has 1 unspecified atom stereocenters. The molecule has 0 bridgehead atoms. The quantitative estimate of drug-likeness (QED) is 0.781. The van der Waals surface area contributed by atoms with Gasteiger partial charge in [-0.05, 0) is 55.7 Å². The number of hydrogen-bond acceptors (Lipinski definition) is 5. The van der Waals surface area contributed by atoms with E-state index in [0.29, 0.717) is 12.3 Å². The predicted octanol–water partition coefficient (Wildman–Crippen LogP) is 1.82. The summed E-state index contributed by atoms with van der Waals surface area (Å²) in [6, 6.07) is 9.13. The van der Waals surface area contributed by atoms with Crippen LogP contribution in [-0.4, -0.2) is 33.0 Å². The molecule has 0 aromatic heterocycles. The third kappa shape index (κ3) is 4.28. The first-order valence-electron chi connectivity index (χ1n) is 8.60. The maximum atomic E-state index is 13.4. The highest BCUT2D eigenvalue weighted by Crippen LogP contribution is 2.32. The van der Waals surface area contributed by atoms with Gasteiger partial charge in [-0.3, -0.25) is 4.79 Å². The molecular formula is C19H21FN2O4S. The van der Waals surface area contributed by atoms with Crippen LogP contribution in [0.4, 0.5) is 4.39 Å². The standard InChI is InChI=1S/C19H21FN2O4S/c1-12(19(21)23)22-11-15-7-5-13-6-8-17(10-18(13)26-15)27(24,25)16-4-2-3-14(20)9-16/h2-4,6,8-10,12,15,22H,5,7,11H2,1H3,(H2,21,23)/t12-,15?/m1/s1. The second-order valence-corrected chi connectivity index (χ2v) is 8.49. The number of primary amides is 1. The van der Waals surface area contributed by atoms with Crippen molar-refractivity contribution >= 4 is 15.7 Å². The van der Waals surface area contributed by atoms with Crippen molar-refractivity contribution < 1.29 is 22.3 Å². The molecular weight excluding hydrogens is 371 g/mol. The van der Waals surface area contributed by atoms with Crippen LogP contribution in [-0.2, 0) is 21.1 Å². The lowest BCUT2D eigenvalue weighted by molar-refractivity contribution is -0.119. The molecule has 6 nitrogen and oxygen atoms in total. The van der Waals surface area contributed by atoms with E-state index in [1.807, 2.05) is 0 Å². The summed E-state index contributed by atoms with van der Waals surface area (Å²) in [5, 5.41) is 3.00. The molecule has 27 heavy (non-hydrogen) atoms. The van der Waals surface area contributed by atoms with Gasteiger partial charge in [-0.1, -0.05) is 12.1 Å². The number of fused-ring (bicyclic) bond motifs is 1. The molecule has 0 aliphatic carbocycles. The SMILES string of the molecule is C[C@@H](NCC1CCc2ccc(S(=O)(=O)c3cccc(F)c3)cc2O1)C(N)=O. The van der Waals surface area contributed by atoms with Crippen LogP contribution in [0.5, 0.6) is 5.75 Å². The minimum Gasteiger partial charge on any atom is -0.489 e. The second kappa shape index (κ2) is 7.66. The maximum absolute atomic E-state index is 13.4. The zero-order valence-electron chi connectivity index (χ0n) is 14.8. The van der Waals surface area contributed by atoms with Gasteiger partial charge in [-0.2, -0.15) is 0 Å². The van der Waals surface area contributed by atoms with Gasteiger partial charge >= 0.3 is 0 Å². The number of nitrogens with two attached hydrogens (primary N) is 1. The van der Waals surface area contributed by atoms with Gasteiger partial charge in [0, 0.05) is 6.54 Å². The van der Waals surface area contributed by atoms with Gasteiger partial charge in [0.2, 0.25) is 15.7 Å². The number of amides is 1. The average Bonchev–Trinajstić information content (AvgIpc) is 2.65. The van der Waals surface area contributed by atoms with E-state index in [0.717, 1.165) is 24.5 Å². The van der Waals surface area contributed by atoms with Crippen LogP contribution in [0.15, 0.2) is 52.3 Å². The highest BCUT2D eigenvalue weighted by atomic mass is 32.2. The Morgan fingerprint density at radius 2 is 2.04 bits per heavy atom. The van der Waals surface area contributed by atoms with Crippen LogP contribution in [0.3, 0.4) is 0 Å². The van der Waals surface area contributed by atoms with E-state index in [1.54, 1.807) is 13.0 Å². The molecule has 1 amide bonds. The van der Waals surface area contributed by atoms with Crippen molar-refractivity contribution in [1.82, 2.24) is 5.32 Å². The first kappa shape index (κ1) is 19.3. The van der Waals surface area contributed by atoms with Crippen molar-refractivity contribution in [1.29, 1.82) is 0 Å². The minimum atomic E-state index is -3.85. The van der Waals surface area contributed by atoms with Crippen molar-refractivity contribution in [3.05, 3.63) is 53.8 Å². The van der Waals surface area contributed by atoms with Gasteiger partial charge in [0.1, 0.15) is 17.7 Å². The lowest BCUT2D eigenvalue weighted by Crippen LogP contribution is -2.44. The zero-order chi connectivity index (χ0) is 19.6. The number of rotatable bonds is 6. The summed E-state index contributed by atoms with van der Waals surface area (Å²) < 4.78 is 44.8. The number of aryl methyl sites for hydroxylation is 1. The Labute approximate surface area is 157 Å². The zero-order valence-corrected chi connectivity index (χ0v) is 15.6. The van der Waals surface area contributed by atoms with Crippen LogP contribution in [0.1, 0.15) is 18.9 Å². The number of nitrogens with one attached hydrogen (secondary N) is 1. The molecule has 8 heteroatoms. The largest absolute Gasteiger partial charge is 0.489 e. The second-order valence-electron chi connectivity index (χ2n) is 6.54. The molecule has 1 heterocycles. The number of sulfone groups is 1. The van der Waals surface area contributed by atoms with Crippen molar-refractivity contribution in [3.8, 4) is 5.75 Å². The Hall–Kier alpha value is -2.45. The molecule has 0 saturated heterocycles. The molecule has 1 aliphatic rings. The van der Waals surface area contributed by atoms with Crippen molar-refractivity contribution in [3.63, 3.8) is 0 Å². The topological polar surface area (TPSA) is 98.5 Å². The van der Waals surface area contributed by atoms with Gasteiger partial charge in [0.25, 0.3) is 0 Å².